The van der Waals surface area contributed by atoms with Crippen molar-refractivity contribution in [1.82, 2.24) is 4.90 Å². The lowest BCUT2D eigenvalue weighted by Gasteiger charge is -2.34. The highest BCUT2D eigenvalue weighted by atomic mass is 16.6. The number of nitro groups is 1. The fourth-order valence-electron chi connectivity index (χ4n) is 2.80. The zero-order valence-corrected chi connectivity index (χ0v) is 13.3. The SMILES string of the molecule is CC(N)C1CCCN(C(=O)CCOc2ccccc2[N+](=O)[O-])C1. The zero-order valence-electron chi connectivity index (χ0n) is 13.3. The second-order valence-electron chi connectivity index (χ2n) is 5.92. The molecule has 2 rings (SSSR count). The molecule has 0 aromatic heterocycles. The second-order valence-corrected chi connectivity index (χ2v) is 5.92. The topological polar surface area (TPSA) is 98.7 Å². The van der Waals surface area contributed by atoms with Gasteiger partial charge < -0.3 is 15.4 Å². The summed E-state index contributed by atoms with van der Waals surface area (Å²) in [6, 6.07) is 6.25. The van der Waals surface area contributed by atoms with Gasteiger partial charge in [-0.2, -0.15) is 0 Å². The Morgan fingerprint density at radius 2 is 2.26 bits per heavy atom. The minimum atomic E-state index is -0.491. The number of nitrogens with two attached hydrogens (primary N) is 1. The van der Waals surface area contributed by atoms with Gasteiger partial charge in [-0.15, -0.1) is 0 Å². The molecule has 0 radical (unpaired) electrons. The van der Waals surface area contributed by atoms with Crippen LogP contribution in [0.15, 0.2) is 24.3 Å². The molecule has 2 unspecified atom stereocenters. The molecule has 1 aromatic carbocycles. The van der Waals surface area contributed by atoms with Crippen molar-refractivity contribution < 1.29 is 14.5 Å². The standard InChI is InChI=1S/C16H23N3O4/c1-12(17)13-5-4-9-18(11-13)16(20)8-10-23-15-7-3-2-6-14(15)19(21)22/h2-3,6-7,12-13H,4-5,8-11,17H2,1H3. The van der Waals surface area contributed by atoms with Crippen LogP contribution in [0.2, 0.25) is 0 Å². The average Bonchev–Trinajstić information content (AvgIpc) is 2.55. The molecular formula is C16H23N3O4. The Hall–Kier alpha value is -2.15. The fourth-order valence-corrected chi connectivity index (χ4v) is 2.80. The molecule has 2 atom stereocenters. The van der Waals surface area contributed by atoms with Crippen LogP contribution < -0.4 is 10.5 Å². The predicted molar refractivity (Wildman–Crippen MR) is 86.2 cm³/mol. The van der Waals surface area contributed by atoms with Crippen LogP contribution in [0.25, 0.3) is 0 Å². The van der Waals surface area contributed by atoms with E-state index in [0.29, 0.717) is 12.5 Å². The summed E-state index contributed by atoms with van der Waals surface area (Å²) in [6.07, 6.45) is 2.22. The number of nitro benzene ring substituents is 1. The largest absolute Gasteiger partial charge is 0.486 e. The van der Waals surface area contributed by atoms with Crippen LogP contribution in [0, 0.1) is 16.0 Å². The van der Waals surface area contributed by atoms with Crippen molar-refractivity contribution in [3.63, 3.8) is 0 Å². The van der Waals surface area contributed by atoms with Crippen molar-refractivity contribution in [3.8, 4) is 5.75 Å². The Bertz CT molecular complexity index is 562. The third-order valence-corrected chi connectivity index (χ3v) is 4.19. The number of carbonyl (C=O) groups excluding carboxylic acids is 1. The van der Waals surface area contributed by atoms with Crippen LogP contribution in [0.5, 0.6) is 5.75 Å². The lowest BCUT2D eigenvalue weighted by molar-refractivity contribution is -0.385. The molecule has 0 aliphatic carbocycles. The Balaban J connectivity index is 1.84. The fraction of sp³-hybridized carbons (Fsp3) is 0.562. The molecule has 1 aromatic rings. The van der Waals surface area contributed by atoms with Gasteiger partial charge in [0.2, 0.25) is 5.91 Å². The van der Waals surface area contributed by atoms with E-state index in [0.717, 1.165) is 19.4 Å². The predicted octanol–water partition coefficient (Wildman–Crippen LogP) is 1.95. The molecule has 7 nitrogen and oxygen atoms in total. The molecule has 1 aliphatic rings. The van der Waals surface area contributed by atoms with Gasteiger partial charge in [-0.3, -0.25) is 14.9 Å². The second kappa shape index (κ2) is 7.92. The number of hydrogen-bond donors (Lipinski definition) is 1. The Kier molecular flexibility index (Phi) is 5.92. The van der Waals surface area contributed by atoms with E-state index >= 15 is 0 Å². The van der Waals surface area contributed by atoms with E-state index < -0.39 is 4.92 Å². The monoisotopic (exact) mass is 321 g/mol. The summed E-state index contributed by atoms with van der Waals surface area (Å²) in [5.74, 6) is 0.537. The van der Waals surface area contributed by atoms with Gasteiger partial charge in [-0.05, 0) is 31.7 Å². The first-order chi connectivity index (χ1) is 11.0. The highest BCUT2D eigenvalue weighted by Crippen LogP contribution is 2.26. The van der Waals surface area contributed by atoms with Gasteiger partial charge in [0.25, 0.3) is 0 Å². The van der Waals surface area contributed by atoms with Crippen molar-refractivity contribution in [1.29, 1.82) is 0 Å². The summed E-state index contributed by atoms with van der Waals surface area (Å²) in [4.78, 5) is 24.5. The molecule has 1 amide bonds. The van der Waals surface area contributed by atoms with Crippen LogP contribution in [-0.2, 0) is 4.79 Å². The number of benzene rings is 1. The number of nitrogens with zero attached hydrogens (tertiary/aromatic N) is 2. The first kappa shape index (κ1) is 17.2. The maximum Gasteiger partial charge on any atom is 0.310 e. The van der Waals surface area contributed by atoms with E-state index in [2.05, 4.69) is 0 Å². The van der Waals surface area contributed by atoms with Crippen LogP contribution in [0.4, 0.5) is 5.69 Å². The maximum absolute atomic E-state index is 12.2. The van der Waals surface area contributed by atoms with Crippen molar-refractivity contribution in [2.75, 3.05) is 19.7 Å². The molecule has 1 heterocycles. The number of ether oxygens (including phenoxy) is 1. The zero-order chi connectivity index (χ0) is 16.8. The van der Waals surface area contributed by atoms with Gasteiger partial charge in [0, 0.05) is 25.2 Å². The van der Waals surface area contributed by atoms with Gasteiger partial charge in [-0.25, -0.2) is 0 Å². The molecule has 1 aliphatic heterocycles. The first-order valence-electron chi connectivity index (χ1n) is 7.88. The number of rotatable bonds is 6. The summed E-state index contributed by atoms with van der Waals surface area (Å²) >= 11 is 0. The van der Waals surface area contributed by atoms with Crippen molar-refractivity contribution in [2.24, 2.45) is 11.7 Å². The summed E-state index contributed by atoms with van der Waals surface area (Å²) in [5, 5.41) is 10.9. The Morgan fingerprint density at radius 1 is 1.52 bits per heavy atom. The number of amides is 1. The number of hydrogen-bond acceptors (Lipinski definition) is 5. The molecule has 23 heavy (non-hydrogen) atoms. The van der Waals surface area contributed by atoms with Crippen molar-refractivity contribution >= 4 is 11.6 Å². The van der Waals surface area contributed by atoms with Crippen LogP contribution in [0.3, 0.4) is 0 Å². The molecule has 0 spiro atoms. The first-order valence-corrected chi connectivity index (χ1v) is 7.88. The number of piperidine rings is 1. The van der Waals surface area contributed by atoms with Crippen molar-refractivity contribution in [2.45, 2.75) is 32.2 Å². The van der Waals surface area contributed by atoms with Crippen LogP contribution in [-0.4, -0.2) is 41.5 Å². The summed E-state index contributed by atoms with van der Waals surface area (Å²) in [7, 11) is 0. The van der Waals surface area contributed by atoms with Crippen LogP contribution >= 0.6 is 0 Å². The number of likely N-dealkylation sites (tertiary alicyclic amines) is 1. The normalized spacial score (nSPS) is 19.2. The molecule has 1 fully saturated rings. The summed E-state index contributed by atoms with van der Waals surface area (Å²) in [6.45, 7) is 3.52. The smallest absolute Gasteiger partial charge is 0.310 e. The van der Waals surface area contributed by atoms with Gasteiger partial charge in [0.15, 0.2) is 5.75 Å². The van der Waals surface area contributed by atoms with Gasteiger partial charge in [0.05, 0.1) is 18.0 Å². The molecule has 1 saturated heterocycles. The molecule has 0 saturated carbocycles. The molecule has 2 N–H and O–H groups in total. The minimum Gasteiger partial charge on any atom is -0.486 e. The van der Waals surface area contributed by atoms with E-state index in [1.54, 1.807) is 12.1 Å². The molecule has 7 heteroatoms. The Labute approximate surface area is 135 Å². The highest BCUT2D eigenvalue weighted by molar-refractivity contribution is 5.76. The molecule has 0 bridgehead atoms. The third-order valence-electron chi connectivity index (χ3n) is 4.19. The molecular weight excluding hydrogens is 298 g/mol. The lowest BCUT2D eigenvalue weighted by Crippen LogP contribution is -2.45. The summed E-state index contributed by atoms with van der Waals surface area (Å²) in [5.41, 5.74) is 5.84. The maximum atomic E-state index is 12.2. The number of para-hydroxylation sites is 2. The lowest BCUT2D eigenvalue weighted by atomic mass is 9.92. The quantitative estimate of drug-likeness (QED) is 0.638. The minimum absolute atomic E-state index is 0.00827. The summed E-state index contributed by atoms with van der Waals surface area (Å²) < 4.78 is 5.42. The average molecular weight is 321 g/mol. The van der Waals surface area contributed by atoms with Gasteiger partial charge in [-0.1, -0.05) is 12.1 Å². The van der Waals surface area contributed by atoms with Crippen LogP contribution in [0.1, 0.15) is 26.2 Å². The van der Waals surface area contributed by atoms with E-state index in [1.165, 1.54) is 12.1 Å². The van der Waals surface area contributed by atoms with E-state index in [-0.39, 0.29) is 36.4 Å². The van der Waals surface area contributed by atoms with E-state index in [4.69, 9.17) is 10.5 Å². The highest BCUT2D eigenvalue weighted by Gasteiger charge is 2.25. The van der Waals surface area contributed by atoms with Gasteiger partial charge in [0.1, 0.15) is 0 Å². The molecule has 126 valence electrons. The number of carbonyl (C=O) groups is 1. The van der Waals surface area contributed by atoms with Gasteiger partial charge >= 0.3 is 5.69 Å². The van der Waals surface area contributed by atoms with Crippen molar-refractivity contribution in [3.05, 3.63) is 34.4 Å². The third kappa shape index (κ3) is 4.66. The van der Waals surface area contributed by atoms with E-state index in [9.17, 15) is 14.9 Å². The Morgan fingerprint density at radius 3 is 2.96 bits per heavy atom. The van der Waals surface area contributed by atoms with E-state index in [1.807, 2.05) is 11.8 Å².